The first-order valence-corrected chi connectivity index (χ1v) is 7.83. The first-order chi connectivity index (χ1) is 9.94. The predicted molar refractivity (Wildman–Crippen MR) is 83.4 cm³/mol. The van der Waals surface area contributed by atoms with Crippen molar-refractivity contribution in [1.82, 2.24) is 20.0 Å². The molecule has 3 rings (SSSR count). The Balaban J connectivity index is 0.00000176. The minimum Gasteiger partial charge on any atom is -0.341 e. The maximum Gasteiger partial charge on any atom is 0.262 e. The van der Waals surface area contributed by atoms with Gasteiger partial charge in [0, 0.05) is 25.7 Å². The highest BCUT2D eigenvalue weighted by molar-refractivity contribution is 9.10. The summed E-state index contributed by atoms with van der Waals surface area (Å²) in [5.74, 6) is -2.97. The Bertz CT molecular complexity index is 534. The first-order valence-electron chi connectivity index (χ1n) is 7.04. The van der Waals surface area contributed by atoms with E-state index in [1.54, 1.807) is 11.1 Å². The normalized spacial score (nSPS) is 25.0. The highest BCUT2D eigenvalue weighted by Crippen LogP contribution is 2.28. The molecular weight excluding hydrogens is 382 g/mol. The van der Waals surface area contributed by atoms with Crippen LogP contribution in [-0.2, 0) is 4.79 Å². The van der Waals surface area contributed by atoms with Gasteiger partial charge in [-0.1, -0.05) is 0 Å². The van der Waals surface area contributed by atoms with Crippen molar-refractivity contribution in [3.8, 4) is 0 Å². The summed E-state index contributed by atoms with van der Waals surface area (Å²) >= 11 is 3.36. The van der Waals surface area contributed by atoms with Gasteiger partial charge in [0.05, 0.1) is 29.3 Å². The van der Waals surface area contributed by atoms with Crippen LogP contribution >= 0.6 is 28.3 Å². The van der Waals surface area contributed by atoms with Crippen LogP contribution in [0.1, 0.15) is 25.3 Å². The molecule has 2 aliphatic rings. The SMILES string of the molecule is Cl.O=C(C1CC(F)(F)CN1)N1CCC(n2cc(Br)cn2)CC1. The van der Waals surface area contributed by atoms with E-state index in [0.29, 0.717) is 13.1 Å². The van der Waals surface area contributed by atoms with Crippen LogP contribution < -0.4 is 5.32 Å². The van der Waals surface area contributed by atoms with E-state index >= 15 is 0 Å². The Hall–Kier alpha value is -0.730. The molecule has 1 unspecified atom stereocenters. The number of hydrogen-bond donors (Lipinski definition) is 1. The van der Waals surface area contributed by atoms with Gasteiger partial charge in [-0.25, -0.2) is 8.78 Å². The summed E-state index contributed by atoms with van der Waals surface area (Å²) in [6, 6.07) is -0.478. The molecule has 124 valence electrons. The van der Waals surface area contributed by atoms with Gasteiger partial charge in [-0.05, 0) is 28.8 Å². The highest BCUT2D eigenvalue weighted by atomic mass is 79.9. The van der Waals surface area contributed by atoms with Crippen LogP contribution in [0.5, 0.6) is 0 Å². The summed E-state index contributed by atoms with van der Waals surface area (Å²) in [5.41, 5.74) is 0. The number of rotatable bonds is 2. The number of nitrogens with one attached hydrogen (secondary N) is 1. The fourth-order valence-corrected chi connectivity index (χ4v) is 3.28. The molecule has 1 N–H and O–H groups in total. The van der Waals surface area contributed by atoms with E-state index in [4.69, 9.17) is 0 Å². The minimum absolute atomic E-state index is 0. The van der Waals surface area contributed by atoms with Gasteiger partial charge in [-0.15, -0.1) is 12.4 Å². The van der Waals surface area contributed by atoms with Gasteiger partial charge in [0.2, 0.25) is 5.91 Å². The number of hydrogen-bond acceptors (Lipinski definition) is 3. The lowest BCUT2D eigenvalue weighted by Crippen LogP contribution is -2.47. The van der Waals surface area contributed by atoms with Crippen molar-refractivity contribution in [1.29, 1.82) is 0 Å². The van der Waals surface area contributed by atoms with Crippen molar-refractivity contribution in [3.63, 3.8) is 0 Å². The second-order valence-electron chi connectivity index (χ2n) is 5.69. The molecule has 2 fully saturated rings. The summed E-state index contributed by atoms with van der Waals surface area (Å²) in [6.45, 7) is 0.774. The average Bonchev–Trinajstić information content (AvgIpc) is 3.04. The zero-order valence-electron chi connectivity index (χ0n) is 11.8. The molecule has 0 saturated carbocycles. The summed E-state index contributed by atoms with van der Waals surface area (Å²) in [6.07, 6.45) is 4.85. The molecule has 0 radical (unpaired) electrons. The minimum atomic E-state index is -2.76. The van der Waals surface area contributed by atoms with Gasteiger partial charge in [0.15, 0.2) is 0 Å². The number of likely N-dealkylation sites (tertiary alicyclic amines) is 1. The number of nitrogens with zero attached hydrogens (tertiary/aromatic N) is 3. The van der Waals surface area contributed by atoms with E-state index in [1.165, 1.54) is 0 Å². The summed E-state index contributed by atoms with van der Waals surface area (Å²) in [7, 11) is 0. The summed E-state index contributed by atoms with van der Waals surface area (Å²) in [4.78, 5) is 13.9. The number of carbonyl (C=O) groups excluding carboxylic acids is 1. The molecule has 1 atom stereocenters. The molecule has 0 bridgehead atoms. The third-order valence-corrected chi connectivity index (χ3v) is 4.54. The lowest BCUT2D eigenvalue weighted by Gasteiger charge is -2.33. The highest BCUT2D eigenvalue weighted by Gasteiger charge is 2.43. The number of amides is 1. The standard InChI is InChI=1S/C13H17BrF2N4O.ClH/c14-9-6-18-20(7-9)10-1-3-19(4-2-10)12(21)11-5-13(15,16)8-17-11;/h6-7,10-11,17H,1-5,8H2;1H. The van der Waals surface area contributed by atoms with E-state index in [-0.39, 0.29) is 24.4 Å². The summed E-state index contributed by atoms with van der Waals surface area (Å²) < 4.78 is 29.1. The zero-order chi connectivity index (χ0) is 15.0. The van der Waals surface area contributed by atoms with Gasteiger partial charge < -0.3 is 4.90 Å². The van der Waals surface area contributed by atoms with Gasteiger partial charge in [-0.3, -0.25) is 14.8 Å². The molecule has 0 aromatic carbocycles. The van der Waals surface area contributed by atoms with Crippen molar-refractivity contribution in [2.75, 3.05) is 19.6 Å². The number of alkyl halides is 2. The quantitative estimate of drug-likeness (QED) is 0.830. The van der Waals surface area contributed by atoms with E-state index in [1.807, 2.05) is 10.9 Å². The molecule has 3 heterocycles. The van der Waals surface area contributed by atoms with Crippen LogP contribution in [0.2, 0.25) is 0 Å². The predicted octanol–water partition coefficient (Wildman–Crippen LogP) is 2.23. The van der Waals surface area contributed by atoms with Crippen LogP contribution in [0.4, 0.5) is 8.78 Å². The van der Waals surface area contributed by atoms with Gasteiger partial charge in [-0.2, -0.15) is 5.10 Å². The van der Waals surface area contributed by atoms with Crippen LogP contribution in [0.3, 0.4) is 0 Å². The van der Waals surface area contributed by atoms with Crippen LogP contribution in [0.15, 0.2) is 16.9 Å². The molecule has 1 aromatic rings. The van der Waals surface area contributed by atoms with Gasteiger partial charge in [0.1, 0.15) is 0 Å². The Morgan fingerprint density at radius 2 is 2.09 bits per heavy atom. The van der Waals surface area contributed by atoms with Crippen molar-refractivity contribution < 1.29 is 13.6 Å². The average molecular weight is 400 g/mol. The van der Waals surface area contributed by atoms with E-state index in [0.717, 1.165) is 17.3 Å². The molecule has 2 saturated heterocycles. The second-order valence-corrected chi connectivity index (χ2v) is 6.60. The molecule has 5 nitrogen and oxygen atoms in total. The maximum atomic E-state index is 13.2. The fraction of sp³-hybridized carbons (Fsp3) is 0.692. The Kier molecular flexibility index (Phi) is 5.45. The number of piperidine rings is 1. The molecule has 1 aromatic heterocycles. The van der Waals surface area contributed by atoms with Gasteiger partial charge in [0.25, 0.3) is 5.92 Å². The number of aromatic nitrogens is 2. The smallest absolute Gasteiger partial charge is 0.262 e. The largest absolute Gasteiger partial charge is 0.341 e. The summed E-state index contributed by atoms with van der Waals surface area (Å²) in [5, 5.41) is 6.89. The van der Waals surface area contributed by atoms with E-state index in [2.05, 4.69) is 26.3 Å². The first kappa shape index (κ1) is 17.6. The second kappa shape index (κ2) is 6.80. The third kappa shape index (κ3) is 3.78. The van der Waals surface area contributed by atoms with Crippen molar-refractivity contribution in [2.45, 2.75) is 37.3 Å². The third-order valence-electron chi connectivity index (χ3n) is 4.13. The lowest BCUT2D eigenvalue weighted by molar-refractivity contribution is -0.135. The molecule has 9 heteroatoms. The fourth-order valence-electron chi connectivity index (χ4n) is 2.98. The van der Waals surface area contributed by atoms with Crippen molar-refractivity contribution in [3.05, 3.63) is 16.9 Å². The zero-order valence-corrected chi connectivity index (χ0v) is 14.2. The number of halogens is 4. The van der Waals surface area contributed by atoms with Crippen molar-refractivity contribution in [2.24, 2.45) is 0 Å². The van der Waals surface area contributed by atoms with Crippen LogP contribution in [-0.4, -0.2) is 52.2 Å². The Labute approximate surface area is 141 Å². The van der Waals surface area contributed by atoms with E-state index < -0.39 is 24.9 Å². The molecular formula is C13H18BrClF2N4O. The molecule has 22 heavy (non-hydrogen) atoms. The molecule has 2 aliphatic heterocycles. The topological polar surface area (TPSA) is 50.2 Å². The molecule has 1 amide bonds. The van der Waals surface area contributed by atoms with Crippen LogP contribution in [0.25, 0.3) is 0 Å². The maximum absolute atomic E-state index is 13.2. The van der Waals surface area contributed by atoms with Gasteiger partial charge >= 0.3 is 0 Å². The Morgan fingerprint density at radius 3 is 2.59 bits per heavy atom. The monoisotopic (exact) mass is 398 g/mol. The van der Waals surface area contributed by atoms with E-state index in [9.17, 15) is 13.6 Å². The van der Waals surface area contributed by atoms with Crippen LogP contribution in [0, 0.1) is 0 Å². The molecule has 0 aliphatic carbocycles. The lowest BCUT2D eigenvalue weighted by atomic mass is 10.0. The Morgan fingerprint density at radius 1 is 1.41 bits per heavy atom. The molecule has 0 spiro atoms. The van der Waals surface area contributed by atoms with Crippen molar-refractivity contribution >= 4 is 34.2 Å². The number of carbonyl (C=O) groups is 1.